The molecule has 3 heterocycles. The van der Waals surface area contributed by atoms with Crippen LogP contribution in [0.2, 0.25) is 0 Å². The number of carbonyl (C=O) groups is 1. The van der Waals surface area contributed by atoms with Gasteiger partial charge in [0.2, 0.25) is 5.76 Å². The van der Waals surface area contributed by atoms with Crippen molar-refractivity contribution in [1.29, 1.82) is 0 Å². The van der Waals surface area contributed by atoms with Crippen molar-refractivity contribution in [2.75, 3.05) is 4.90 Å². The average Bonchev–Trinajstić information content (AvgIpc) is 3.32. The van der Waals surface area contributed by atoms with Crippen LogP contribution in [-0.4, -0.2) is 16.0 Å². The van der Waals surface area contributed by atoms with E-state index in [9.17, 15) is 4.79 Å². The normalized spacial score (nSPS) is 11.1. The maximum absolute atomic E-state index is 13.0. The Labute approximate surface area is 147 Å². The largest absolute Gasteiger partial charge is 0.467 e. The molecule has 0 spiro atoms. The van der Waals surface area contributed by atoms with Gasteiger partial charge in [-0.1, -0.05) is 28.6 Å². The smallest absolute Gasteiger partial charge is 0.299 e. The molecule has 0 aliphatic heterocycles. The molecule has 0 aliphatic carbocycles. The lowest BCUT2D eigenvalue weighted by molar-refractivity contribution is 0.0947. The zero-order chi connectivity index (χ0) is 17.4. The molecule has 4 rings (SSSR count). The van der Waals surface area contributed by atoms with E-state index in [0.717, 1.165) is 15.8 Å². The van der Waals surface area contributed by atoms with E-state index in [4.69, 9.17) is 8.94 Å². The highest BCUT2D eigenvalue weighted by molar-refractivity contribution is 7.22. The van der Waals surface area contributed by atoms with E-state index < -0.39 is 0 Å². The van der Waals surface area contributed by atoms with Crippen LogP contribution < -0.4 is 4.90 Å². The third-order valence-electron chi connectivity index (χ3n) is 3.82. The molecule has 0 unspecified atom stereocenters. The standard InChI is InChI=1S/C18H15N3O3S/c1-11-5-3-7-15-16(11)19-18(25-15)21(10-13-6-4-8-23-13)17(22)14-9-12(2)20-24-14/h3-9H,10H2,1-2H3. The van der Waals surface area contributed by atoms with E-state index in [1.165, 1.54) is 11.3 Å². The summed E-state index contributed by atoms with van der Waals surface area (Å²) >= 11 is 1.46. The molecule has 4 aromatic rings. The number of hydrogen-bond donors (Lipinski definition) is 0. The third kappa shape index (κ3) is 2.94. The number of thiazole rings is 1. The van der Waals surface area contributed by atoms with Crippen molar-refractivity contribution in [1.82, 2.24) is 10.1 Å². The van der Waals surface area contributed by atoms with Gasteiger partial charge in [-0.2, -0.15) is 0 Å². The van der Waals surface area contributed by atoms with Gasteiger partial charge in [-0.3, -0.25) is 9.69 Å². The predicted octanol–water partition coefficient (Wildman–Crippen LogP) is 4.34. The quantitative estimate of drug-likeness (QED) is 0.546. The summed E-state index contributed by atoms with van der Waals surface area (Å²) in [4.78, 5) is 19.2. The van der Waals surface area contributed by atoms with Crippen LogP contribution in [0.4, 0.5) is 5.13 Å². The number of benzene rings is 1. The number of hydrogen-bond acceptors (Lipinski definition) is 6. The Hall–Kier alpha value is -2.93. The van der Waals surface area contributed by atoms with E-state index in [0.29, 0.717) is 16.6 Å². The number of anilines is 1. The van der Waals surface area contributed by atoms with Crippen LogP contribution >= 0.6 is 11.3 Å². The van der Waals surface area contributed by atoms with E-state index in [1.807, 2.05) is 31.2 Å². The summed E-state index contributed by atoms with van der Waals surface area (Å²) in [6, 6.07) is 11.2. The fourth-order valence-electron chi connectivity index (χ4n) is 2.57. The SMILES string of the molecule is Cc1cc(C(=O)N(Cc2ccco2)c2nc3c(C)cccc3s2)on1. The number of aromatic nitrogens is 2. The number of fused-ring (bicyclic) bond motifs is 1. The molecule has 1 aromatic carbocycles. The molecule has 3 aromatic heterocycles. The number of rotatable bonds is 4. The van der Waals surface area contributed by atoms with Gasteiger partial charge in [-0.15, -0.1) is 0 Å². The fourth-order valence-corrected chi connectivity index (χ4v) is 3.61. The minimum absolute atomic E-state index is 0.181. The number of nitrogens with zero attached hydrogens (tertiary/aromatic N) is 3. The first kappa shape index (κ1) is 15.6. The molecular weight excluding hydrogens is 338 g/mol. The number of para-hydroxylation sites is 1. The Kier molecular flexibility index (Phi) is 3.85. The molecule has 0 fully saturated rings. The van der Waals surface area contributed by atoms with Crippen LogP contribution in [0, 0.1) is 13.8 Å². The monoisotopic (exact) mass is 353 g/mol. The summed E-state index contributed by atoms with van der Waals surface area (Å²) in [5.41, 5.74) is 2.62. The molecule has 0 atom stereocenters. The van der Waals surface area contributed by atoms with Gasteiger partial charge in [0, 0.05) is 6.07 Å². The fraction of sp³-hybridized carbons (Fsp3) is 0.167. The maximum Gasteiger partial charge on any atom is 0.299 e. The van der Waals surface area contributed by atoms with Crippen LogP contribution in [0.15, 0.2) is 51.6 Å². The molecule has 0 aliphatic rings. The van der Waals surface area contributed by atoms with Gasteiger partial charge >= 0.3 is 0 Å². The Bertz CT molecular complexity index is 1030. The van der Waals surface area contributed by atoms with Crippen molar-refractivity contribution in [2.24, 2.45) is 0 Å². The zero-order valence-electron chi connectivity index (χ0n) is 13.7. The van der Waals surface area contributed by atoms with E-state index in [-0.39, 0.29) is 18.2 Å². The molecule has 0 N–H and O–H groups in total. The average molecular weight is 353 g/mol. The second-order valence-corrected chi connectivity index (χ2v) is 6.73. The second kappa shape index (κ2) is 6.18. The second-order valence-electron chi connectivity index (χ2n) is 5.72. The molecule has 25 heavy (non-hydrogen) atoms. The van der Waals surface area contributed by atoms with Crippen molar-refractivity contribution < 1.29 is 13.7 Å². The Balaban J connectivity index is 1.78. The summed E-state index contributed by atoms with van der Waals surface area (Å²) in [6.45, 7) is 4.05. The highest BCUT2D eigenvalue weighted by Crippen LogP contribution is 2.32. The van der Waals surface area contributed by atoms with Crippen LogP contribution in [0.3, 0.4) is 0 Å². The Morgan fingerprint density at radius 1 is 1.24 bits per heavy atom. The zero-order valence-corrected chi connectivity index (χ0v) is 14.5. The lowest BCUT2D eigenvalue weighted by atomic mass is 10.2. The molecule has 1 amide bonds. The first-order valence-corrected chi connectivity index (χ1v) is 8.57. The number of carbonyl (C=O) groups excluding carboxylic acids is 1. The minimum atomic E-state index is -0.297. The number of amides is 1. The van der Waals surface area contributed by atoms with Crippen molar-refractivity contribution in [2.45, 2.75) is 20.4 Å². The van der Waals surface area contributed by atoms with Gasteiger partial charge in [0.05, 0.1) is 28.7 Å². The lowest BCUT2D eigenvalue weighted by Crippen LogP contribution is -2.29. The van der Waals surface area contributed by atoms with Gasteiger partial charge in [-0.25, -0.2) is 4.98 Å². The molecule has 126 valence electrons. The molecule has 0 saturated heterocycles. The number of furan rings is 1. The first-order chi connectivity index (χ1) is 12.1. The van der Waals surface area contributed by atoms with Gasteiger partial charge < -0.3 is 8.94 Å². The van der Waals surface area contributed by atoms with Crippen LogP contribution in [0.1, 0.15) is 27.6 Å². The Morgan fingerprint density at radius 3 is 2.80 bits per heavy atom. The van der Waals surface area contributed by atoms with Crippen LogP contribution in [0.5, 0.6) is 0 Å². The summed E-state index contributed by atoms with van der Waals surface area (Å²) in [5, 5.41) is 4.40. The summed E-state index contributed by atoms with van der Waals surface area (Å²) in [6.07, 6.45) is 1.58. The molecule has 0 bridgehead atoms. The topological polar surface area (TPSA) is 72.4 Å². The van der Waals surface area contributed by atoms with Crippen molar-refractivity contribution in [3.05, 3.63) is 65.4 Å². The maximum atomic E-state index is 13.0. The van der Waals surface area contributed by atoms with E-state index in [2.05, 4.69) is 10.1 Å². The van der Waals surface area contributed by atoms with Gasteiger partial charge in [0.25, 0.3) is 5.91 Å². The van der Waals surface area contributed by atoms with E-state index in [1.54, 1.807) is 30.2 Å². The molecule has 0 saturated carbocycles. The van der Waals surface area contributed by atoms with Crippen molar-refractivity contribution >= 4 is 32.6 Å². The summed E-state index contributed by atoms with van der Waals surface area (Å²) in [7, 11) is 0. The highest BCUT2D eigenvalue weighted by Gasteiger charge is 2.25. The van der Waals surface area contributed by atoms with Crippen LogP contribution in [-0.2, 0) is 6.54 Å². The molecule has 0 radical (unpaired) electrons. The molecule has 6 nitrogen and oxygen atoms in total. The van der Waals surface area contributed by atoms with Crippen LogP contribution in [0.25, 0.3) is 10.2 Å². The predicted molar refractivity (Wildman–Crippen MR) is 94.8 cm³/mol. The van der Waals surface area contributed by atoms with Crippen molar-refractivity contribution in [3.8, 4) is 0 Å². The highest BCUT2D eigenvalue weighted by atomic mass is 32.1. The minimum Gasteiger partial charge on any atom is -0.467 e. The van der Waals surface area contributed by atoms with Gasteiger partial charge in [0.1, 0.15) is 5.76 Å². The third-order valence-corrected chi connectivity index (χ3v) is 4.86. The first-order valence-electron chi connectivity index (χ1n) is 7.75. The van der Waals surface area contributed by atoms with Gasteiger partial charge in [-0.05, 0) is 37.6 Å². The molecule has 7 heteroatoms. The van der Waals surface area contributed by atoms with E-state index >= 15 is 0 Å². The lowest BCUT2D eigenvalue weighted by Gasteiger charge is -2.16. The summed E-state index contributed by atoms with van der Waals surface area (Å²) < 4.78 is 11.6. The van der Waals surface area contributed by atoms with Gasteiger partial charge in [0.15, 0.2) is 5.13 Å². The van der Waals surface area contributed by atoms with Crippen molar-refractivity contribution in [3.63, 3.8) is 0 Å². The number of aryl methyl sites for hydroxylation is 2. The Morgan fingerprint density at radius 2 is 2.12 bits per heavy atom. The molecular formula is C18H15N3O3S. The summed E-state index contributed by atoms with van der Waals surface area (Å²) in [5.74, 6) is 0.550.